The SMILES string of the molecule is O=C(NNc1ncnc(N(Cc2ccccc2)c2ccccn2)c1[N+](=O)[O-])c1ccccc1Cl. The molecule has 0 saturated carbocycles. The zero-order valence-electron chi connectivity index (χ0n) is 17.6. The summed E-state index contributed by atoms with van der Waals surface area (Å²) in [7, 11) is 0. The molecule has 0 fully saturated rings. The van der Waals surface area contributed by atoms with E-state index in [0.29, 0.717) is 5.82 Å². The molecule has 2 heterocycles. The highest BCUT2D eigenvalue weighted by Gasteiger charge is 2.29. The van der Waals surface area contributed by atoms with Crippen LogP contribution in [0.5, 0.6) is 0 Å². The third-order valence-electron chi connectivity index (χ3n) is 4.76. The summed E-state index contributed by atoms with van der Waals surface area (Å²) >= 11 is 6.06. The summed E-state index contributed by atoms with van der Waals surface area (Å²) < 4.78 is 0. The molecule has 1 amide bonds. The van der Waals surface area contributed by atoms with Crippen LogP contribution in [0.2, 0.25) is 5.02 Å². The zero-order chi connectivity index (χ0) is 23.9. The number of nitro groups is 1. The van der Waals surface area contributed by atoms with Crippen LogP contribution in [0, 0.1) is 10.1 Å². The Morgan fingerprint density at radius 2 is 1.71 bits per heavy atom. The number of benzene rings is 2. The molecule has 4 rings (SSSR count). The molecule has 11 heteroatoms. The van der Waals surface area contributed by atoms with Gasteiger partial charge in [-0.3, -0.25) is 25.8 Å². The van der Waals surface area contributed by atoms with Crippen molar-refractivity contribution in [3.63, 3.8) is 0 Å². The molecule has 2 aromatic heterocycles. The second kappa shape index (κ2) is 10.4. The van der Waals surface area contributed by atoms with E-state index in [1.807, 2.05) is 30.3 Å². The van der Waals surface area contributed by atoms with E-state index in [4.69, 9.17) is 11.6 Å². The van der Waals surface area contributed by atoms with Crippen LogP contribution in [-0.2, 0) is 6.54 Å². The fraction of sp³-hybridized carbons (Fsp3) is 0.0435. The summed E-state index contributed by atoms with van der Waals surface area (Å²) in [5.74, 6) is -0.299. The van der Waals surface area contributed by atoms with E-state index in [1.165, 1.54) is 12.4 Å². The summed E-state index contributed by atoms with van der Waals surface area (Å²) in [5.41, 5.74) is 5.60. The van der Waals surface area contributed by atoms with Crippen LogP contribution in [0.1, 0.15) is 15.9 Å². The lowest BCUT2D eigenvalue weighted by molar-refractivity contribution is -0.383. The molecule has 0 aliphatic carbocycles. The normalized spacial score (nSPS) is 10.4. The molecule has 4 aromatic rings. The van der Waals surface area contributed by atoms with Gasteiger partial charge in [0.1, 0.15) is 12.1 Å². The summed E-state index contributed by atoms with van der Waals surface area (Å²) in [6, 6.07) is 21.1. The molecule has 0 unspecified atom stereocenters. The highest BCUT2D eigenvalue weighted by atomic mass is 35.5. The average Bonchev–Trinajstić information content (AvgIpc) is 2.87. The molecule has 0 radical (unpaired) electrons. The molecule has 34 heavy (non-hydrogen) atoms. The van der Waals surface area contributed by atoms with Crippen LogP contribution in [0.4, 0.5) is 23.1 Å². The van der Waals surface area contributed by atoms with Crippen LogP contribution < -0.4 is 15.8 Å². The van der Waals surface area contributed by atoms with Crippen molar-refractivity contribution < 1.29 is 9.72 Å². The van der Waals surface area contributed by atoms with E-state index in [2.05, 4.69) is 25.8 Å². The number of pyridine rings is 1. The number of nitrogens with one attached hydrogen (secondary N) is 2. The van der Waals surface area contributed by atoms with Crippen molar-refractivity contribution in [3.05, 3.63) is 112 Å². The number of rotatable bonds is 8. The van der Waals surface area contributed by atoms with Crippen molar-refractivity contribution in [2.45, 2.75) is 6.54 Å². The largest absolute Gasteiger partial charge is 0.355 e. The van der Waals surface area contributed by atoms with Gasteiger partial charge in [0.15, 0.2) is 0 Å². The minimum atomic E-state index is -0.611. The summed E-state index contributed by atoms with van der Waals surface area (Å²) in [6.07, 6.45) is 2.76. The van der Waals surface area contributed by atoms with Crippen molar-refractivity contribution in [1.82, 2.24) is 20.4 Å². The van der Waals surface area contributed by atoms with Gasteiger partial charge in [0.25, 0.3) is 5.91 Å². The van der Waals surface area contributed by atoms with Crippen molar-refractivity contribution in [1.29, 1.82) is 0 Å². The Bertz CT molecular complexity index is 1310. The third-order valence-corrected chi connectivity index (χ3v) is 5.09. The minimum absolute atomic E-state index is 0.0112. The van der Waals surface area contributed by atoms with Gasteiger partial charge in [-0.1, -0.05) is 60.1 Å². The van der Waals surface area contributed by atoms with Gasteiger partial charge in [-0.2, -0.15) is 0 Å². The van der Waals surface area contributed by atoms with E-state index in [9.17, 15) is 14.9 Å². The van der Waals surface area contributed by atoms with Gasteiger partial charge < -0.3 is 4.90 Å². The molecule has 10 nitrogen and oxygen atoms in total. The van der Waals surface area contributed by atoms with Crippen LogP contribution >= 0.6 is 11.6 Å². The van der Waals surface area contributed by atoms with Crippen LogP contribution in [0.15, 0.2) is 85.3 Å². The molecule has 170 valence electrons. The van der Waals surface area contributed by atoms with Crippen LogP contribution in [0.25, 0.3) is 0 Å². The maximum absolute atomic E-state index is 12.5. The Labute approximate surface area is 199 Å². The number of aromatic nitrogens is 3. The average molecular weight is 476 g/mol. The van der Waals surface area contributed by atoms with Gasteiger partial charge in [-0.15, -0.1) is 0 Å². The van der Waals surface area contributed by atoms with Gasteiger partial charge in [-0.25, -0.2) is 15.0 Å². The Morgan fingerprint density at radius 3 is 2.41 bits per heavy atom. The monoisotopic (exact) mass is 475 g/mol. The number of hydrazine groups is 1. The van der Waals surface area contributed by atoms with Gasteiger partial charge in [0, 0.05) is 6.20 Å². The van der Waals surface area contributed by atoms with Gasteiger partial charge in [0.2, 0.25) is 11.6 Å². The summed E-state index contributed by atoms with van der Waals surface area (Å²) in [5, 5.41) is 12.3. The topological polar surface area (TPSA) is 126 Å². The number of amides is 1. The first-order chi connectivity index (χ1) is 16.5. The molecule has 0 spiro atoms. The maximum Gasteiger partial charge on any atom is 0.355 e. The Morgan fingerprint density at radius 1 is 0.971 bits per heavy atom. The van der Waals surface area contributed by atoms with Crippen LogP contribution in [-0.4, -0.2) is 25.8 Å². The molecular weight excluding hydrogens is 458 g/mol. The minimum Gasteiger partial charge on any atom is -0.301 e. The fourth-order valence-corrected chi connectivity index (χ4v) is 3.42. The Kier molecular flexibility index (Phi) is 6.89. The molecule has 0 bridgehead atoms. The predicted molar refractivity (Wildman–Crippen MR) is 128 cm³/mol. The van der Waals surface area contributed by atoms with E-state index in [-0.39, 0.29) is 28.8 Å². The second-order valence-electron chi connectivity index (χ2n) is 6.97. The molecule has 0 saturated heterocycles. The van der Waals surface area contributed by atoms with Gasteiger partial charge in [0.05, 0.1) is 22.1 Å². The predicted octanol–water partition coefficient (Wildman–Crippen LogP) is 4.53. The first-order valence-electron chi connectivity index (χ1n) is 10.1. The first kappa shape index (κ1) is 22.6. The number of anilines is 3. The maximum atomic E-state index is 12.5. The quantitative estimate of drug-likeness (QED) is 0.281. The van der Waals surface area contributed by atoms with Crippen molar-refractivity contribution in [2.75, 3.05) is 10.3 Å². The van der Waals surface area contributed by atoms with Crippen molar-refractivity contribution in [2.24, 2.45) is 0 Å². The number of nitrogens with zero attached hydrogens (tertiary/aromatic N) is 5. The van der Waals surface area contributed by atoms with E-state index < -0.39 is 16.5 Å². The standard InChI is InChI=1S/C23H18ClN7O3/c24-18-11-5-4-10-17(18)23(32)29-28-21-20(31(33)34)22(27-15-26-21)30(19-12-6-7-13-25-19)14-16-8-2-1-3-9-16/h1-13,15H,14H2,(H,29,32)(H,26,27,28). The molecule has 2 N–H and O–H groups in total. The fourth-order valence-electron chi connectivity index (χ4n) is 3.20. The number of hydrogen-bond donors (Lipinski definition) is 2. The third kappa shape index (κ3) is 5.08. The Balaban J connectivity index is 1.70. The lowest BCUT2D eigenvalue weighted by Crippen LogP contribution is -2.31. The lowest BCUT2D eigenvalue weighted by atomic mass is 10.2. The van der Waals surface area contributed by atoms with E-state index in [0.717, 1.165) is 5.56 Å². The van der Waals surface area contributed by atoms with Crippen molar-refractivity contribution in [3.8, 4) is 0 Å². The van der Waals surface area contributed by atoms with Crippen molar-refractivity contribution >= 4 is 40.6 Å². The molecule has 0 atom stereocenters. The van der Waals surface area contributed by atoms with Gasteiger partial charge in [-0.05, 0) is 29.8 Å². The number of halogens is 1. The highest BCUT2D eigenvalue weighted by Crippen LogP contribution is 2.35. The molecular formula is C23H18ClN7O3. The van der Waals surface area contributed by atoms with Gasteiger partial charge >= 0.3 is 5.69 Å². The molecule has 0 aliphatic rings. The smallest absolute Gasteiger partial charge is 0.301 e. The Hall–Kier alpha value is -4.57. The van der Waals surface area contributed by atoms with E-state index >= 15 is 0 Å². The highest BCUT2D eigenvalue weighted by molar-refractivity contribution is 6.33. The molecule has 2 aromatic carbocycles. The number of hydrogen-bond acceptors (Lipinski definition) is 8. The zero-order valence-corrected chi connectivity index (χ0v) is 18.4. The van der Waals surface area contributed by atoms with E-state index in [1.54, 1.807) is 47.5 Å². The second-order valence-corrected chi connectivity index (χ2v) is 7.38. The first-order valence-corrected chi connectivity index (χ1v) is 10.4. The number of carbonyl (C=O) groups excluding carboxylic acids is 1. The summed E-state index contributed by atoms with van der Waals surface area (Å²) in [4.78, 5) is 38.1. The van der Waals surface area contributed by atoms with Crippen LogP contribution in [0.3, 0.4) is 0 Å². The lowest BCUT2D eigenvalue weighted by Gasteiger charge is -2.23. The number of carbonyl (C=O) groups is 1. The summed E-state index contributed by atoms with van der Waals surface area (Å²) in [6.45, 7) is 0.265. The molecule has 0 aliphatic heterocycles.